The number of nitrogens with two attached hydrogens (primary N) is 1. The summed E-state index contributed by atoms with van der Waals surface area (Å²) in [5.41, 5.74) is 4.41. The number of amides is 3. The molecule has 0 bridgehead atoms. The van der Waals surface area contributed by atoms with Crippen LogP contribution in [0.2, 0.25) is 0 Å². The number of hydrogen-bond donors (Lipinski definition) is 3. The molecule has 0 aromatic heterocycles. The fourth-order valence-corrected chi connectivity index (χ4v) is 3.32. The van der Waals surface area contributed by atoms with Crippen molar-refractivity contribution in [1.82, 2.24) is 10.2 Å². The zero-order valence-electron chi connectivity index (χ0n) is 12.5. The van der Waals surface area contributed by atoms with Crippen LogP contribution in [0, 0.1) is 17.3 Å². The van der Waals surface area contributed by atoms with Gasteiger partial charge < -0.3 is 21.1 Å². The van der Waals surface area contributed by atoms with Crippen molar-refractivity contribution < 1.29 is 19.5 Å². The van der Waals surface area contributed by atoms with Gasteiger partial charge in [-0.15, -0.1) is 0 Å². The molecule has 1 aliphatic carbocycles. The SMILES string of the molecule is CC(C)(CNC(=O)N1CC2CCCC2C1C(=O)O)C(N)=O. The van der Waals surface area contributed by atoms with Gasteiger partial charge in [-0.05, 0) is 38.5 Å². The average Bonchev–Trinajstić information content (AvgIpc) is 2.94. The third-order valence-electron chi connectivity index (χ3n) is 4.75. The molecular formula is C14H23N3O4. The summed E-state index contributed by atoms with van der Waals surface area (Å²) in [7, 11) is 0. The van der Waals surface area contributed by atoms with E-state index in [2.05, 4.69) is 5.32 Å². The Kier molecular flexibility index (Phi) is 4.11. The molecule has 1 aliphatic heterocycles. The van der Waals surface area contributed by atoms with E-state index in [1.165, 1.54) is 4.90 Å². The lowest BCUT2D eigenvalue weighted by Gasteiger charge is -2.27. The number of likely N-dealkylation sites (tertiary alicyclic amines) is 1. The van der Waals surface area contributed by atoms with Gasteiger partial charge in [0.25, 0.3) is 0 Å². The lowest BCUT2D eigenvalue weighted by Crippen LogP contribution is -2.51. The maximum Gasteiger partial charge on any atom is 0.326 e. The van der Waals surface area contributed by atoms with E-state index in [0.717, 1.165) is 19.3 Å². The highest BCUT2D eigenvalue weighted by Crippen LogP contribution is 2.42. The first kappa shape index (κ1) is 15.6. The Labute approximate surface area is 123 Å². The Bertz CT molecular complexity index is 463. The fourth-order valence-electron chi connectivity index (χ4n) is 3.32. The number of nitrogens with one attached hydrogen (secondary N) is 1. The van der Waals surface area contributed by atoms with Gasteiger partial charge in [-0.1, -0.05) is 6.42 Å². The first-order valence-corrected chi connectivity index (χ1v) is 7.31. The van der Waals surface area contributed by atoms with Gasteiger partial charge in [0.1, 0.15) is 6.04 Å². The van der Waals surface area contributed by atoms with Crippen molar-refractivity contribution in [2.24, 2.45) is 23.0 Å². The fraction of sp³-hybridized carbons (Fsp3) is 0.786. The van der Waals surface area contributed by atoms with Gasteiger partial charge in [0.2, 0.25) is 5.91 Å². The number of nitrogens with zero attached hydrogens (tertiary/aromatic N) is 1. The number of carboxylic acid groups (broad SMARTS) is 1. The van der Waals surface area contributed by atoms with Gasteiger partial charge in [-0.25, -0.2) is 9.59 Å². The summed E-state index contributed by atoms with van der Waals surface area (Å²) >= 11 is 0. The molecule has 0 radical (unpaired) electrons. The molecule has 0 aromatic rings. The Morgan fingerprint density at radius 1 is 1.33 bits per heavy atom. The largest absolute Gasteiger partial charge is 0.480 e. The number of carbonyl (C=O) groups is 3. The summed E-state index contributed by atoms with van der Waals surface area (Å²) in [5.74, 6) is -1.12. The normalized spacial score (nSPS) is 28.3. The Morgan fingerprint density at radius 3 is 2.57 bits per heavy atom. The molecule has 2 aliphatic rings. The highest BCUT2D eigenvalue weighted by atomic mass is 16.4. The number of urea groups is 1. The summed E-state index contributed by atoms with van der Waals surface area (Å²) in [6.07, 6.45) is 2.87. The van der Waals surface area contributed by atoms with Crippen LogP contribution in [0.15, 0.2) is 0 Å². The molecule has 7 nitrogen and oxygen atoms in total. The van der Waals surface area contributed by atoms with E-state index < -0.39 is 29.4 Å². The first-order valence-electron chi connectivity index (χ1n) is 7.31. The number of fused-ring (bicyclic) bond motifs is 1. The Morgan fingerprint density at radius 2 is 2.00 bits per heavy atom. The van der Waals surface area contributed by atoms with Crippen LogP contribution in [-0.4, -0.2) is 47.0 Å². The molecule has 2 rings (SSSR count). The van der Waals surface area contributed by atoms with Crippen molar-refractivity contribution in [3.63, 3.8) is 0 Å². The molecule has 1 saturated carbocycles. The quantitative estimate of drug-likeness (QED) is 0.696. The molecule has 1 heterocycles. The second kappa shape index (κ2) is 5.54. The number of carbonyl (C=O) groups excluding carboxylic acids is 2. The van der Waals surface area contributed by atoms with Gasteiger partial charge in [0, 0.05) is 13.1 Å². The van der Waals surface area contributed by atoms with Gasteiger partial charge in [0.05, 0.1) is 5.41 Å². The summed E-state index contributed by atoms with van der Waals surface area (Å²) in [4.78, 5) is 36.4. The molecular weight excluding hydrogens is 274 g/mol. The highest BCUT2D eigenvalue weighted by molar-refractivity contribution is 5.85. The molecule has 4 N–H and O–H groups in total. The van der Waals surface area contributed by atoms with Crippen molar-refractivity contribution in [3.05, 3.63) is 0 Å². The van der Waals surface area contributed by atoms with Gasteiger partial charge >= 0.3 is 12.0 Å². The lowest BCUT2D eigenvalue weighted by molar-refractivity contribution is -0.142. The number of aliphatic carboxylic acids is 1. The average molecular weight is 297 g/mol. The predicted molar refractivity (Wildman–Crippen MR) is 75.3 cm³/mol. The molecule has 0 aromatic carbocycles. The molecule has 118 valence electrons. The Hall–Kier alpha value is -1.79. The van der Waals surface area contributed by atoms with Crippen LogP contribution in [0.5, 0.6) is 0 Å². The molecule has 0 spiro atoms. The summed E-state index contributed by atoms with van der Waals surface area (Å²) in [6.45, 7) is 3.86. The van der Waals surface area contributed by atoms with Crippen LogP contribution in [0.4, 0.5) is 4.79 Å². The molecule has 7 heteroatoms. The van der Waals surface area contributed by atoms with Crippen molar-refractivity contribution >= 4 is 17.9 Å². The molecule has 21 heavy (non-hydrogen) atoms. The van der Waals surface area contributed by atoms with Crippen LogP contribution in [0.3, 0.4) is 0 Å². The molecule has 3 amide bonds. The van der Waals surface area contributed by atoms with Crippen molar-refractivity contribution in [1.29, 1.82) is 0 Å². The summed E-state index contributed by atoms with van der Waals surface area (Å²) in [5, 5.41) is 12.0. The minimum Gasteiger partial charge on any atom is -0.480 e. The van der Waals surface area contributed by atoms with Crippen LogP contribution < -0.4 is 11.1 Å². The van der Waals surface area contributed by atoms with E-state index in [9.17, 15) is 19.5 Å². The molecule has 1 saturated heterocycles. The third-order valence-corrected chi connectivity index (χ3v) is 4.75. The topological polar surface area (TPSA) is 113 Å². The van der Waals surface area contributed by atoms with E-state index in [0.29, 0.717) is 6.54 Å². The number of hydrogen-bond acceptors (Lipinski definition) is 3. The lowest BCUT2D eigenvalue weighted by atomic mass is 9.93. The van der Waals surface area contributed by atoms with E-state index in [4.69, 9.17) is 5.73 Å². The second-order valence-corrected chi connectivity index (χ2v) is 6.70. The number of carboxylic acids is 1. The van der Waals surface area contributed by atoms with Crippen molar-refractivity contribution in [2.45, 2.75) is 39.2 Å². The van der Waals surface area contributed by atoms with Gasteiger partial charge in [-0.3, -0.25) is 4.79 Å². The van der Waals surface area contributed by atoms with E-state index in [1.54, 1.807) is 13.8 Å². The molecule has 3 unspecified atom stereocenters. The third kappa shape index (κ3) is 2.96. The van der Waals surface area contributed by atoms with E-state index in [1.807, 2.05) is 0 Å². The van der Waals surface area contributed by atoms with Crippen LogP contribution >= 0.6 is 0 Å². The van der Waals surface area contributed by atoms with Crippen molar-refractivity contribution in [2.75, 3.05) is 13.1 Å². The molecule has 3 atom stereocenters. The number of rotatable bonds is 4. The second-order valence-electron chi connectivity index (χ2n) is 6.70. The predicted octanol–water partition coefficient (Wildman–Crippen LogP) is 0.393. The maximum atomic E-state index is 12.3. The van der Waals surface area contributed by atoms with Gasteiger partial charge in [0.15, 0.2) is 0 Å². The number of primary amides is 1. The smallest absolute Gasteiger partial charge is 0.326 e. The van der Waals surface area contributed by atoms with E-state index >= 15 is 0 Å². The van der Waals surface area contributed by atoms with Crippen LogP contribution in [0.1, 0.15) is 33.1 Å². The minimum absolute atomic E-state index is 0.0531. The highest BCUT2D eigenvalue weighted by Gasteiger charge is 2.49. The summed E-state index contributed by atoms with van der Waals surface area (Å²) in [6, 6.07) is -1.18. The van der Waals surface area contributed by atoms with E-state index in [-0.39, 0.29) is 18.4 Å². The summed E-state index contributed by atoms with van der Waals surface area (Å²) < 4.78 is 0. The first-order chi connectivity index (χ1) is 9.74. The maximum absolute atomic E-state index is 12.3. The molecule has 2 fully saturated rings. The standard InChI is InChI=1S/C14H23N3O4/c1-14(2,12(15)20)7-16-13(21)17-6-8-4-3-5-9(8)10(17)11(18)19/h8-10H,3-7H2,1-2H3,(H2,15,20)(H,16,21)(H,18,19). The monoisotopic (exact) mass is 297 g/mol. The Balaban J connectivity index is 2.02. The van der Waals surface area contributed by atoms with Crippen LogP contribution in [-0.2, 0) is 9.59 Å². The van der Waals surface area contributed by atoms with Gasteiger partial charge in [-0.2, -0.15) is 0 Å². The minimum atomic E-state index is -0.950. The zero-order valence-corrected chi connectivity index (χ0v) is 12.5. The van der Waals surface area contributed by atoms with Crippen LogP contribution in [0.25, 0.3) is 0 Å². The zero-order chi connectivity index (χ0) is 15.8. The van der Waals surface area contributed by atoms with Crippen molar-refractivity contribution in [3.8, 4) is 0 Å².